The fourth-order valence-electron chi connectivity index (χ4n) is 3.60. The first-order valence-electron chi connectivity index (χ1n) is 11.2. The van der Waals surface area contributed by atoms with Crippen molar-refractivity contribution in [3.8, 4) is 16.9 Å². The molecule has 4 rings (SSSR count). The molecular weight excluding hydrogens is 496 g/mol. The number of carbonyl (C=O) groups is 2. The van der Waals surface area contributed by atoms with Gasteiger partial charge in [0.25, 0.3) is 17.4 Å². The second kappa shape index (κ2) is 11.5. The molecule has 0 bridgehead atoms. The van der Waals surface area contributed by atoms with Gasteiger partial charge in [0.05, 0.1) is 22.9 Å². The quantitative estimate of drug-likeness (QED) is 0.297. The lowest BCUT2D eigenvalue weighted by Gasteiger charge is -2.13. The highest BCUT2D eigenvalue weighted by Crippen LogP contribution is 2.29. The molecule has 2 aromatic carbocycles. The van der Waals surface area contributed by atoms with Gasteiger partial charge in [-0.2, -0.15) is 0 Å². The van der Waals surface area contributed by atoms with E-state index in [1.54, 1.807) is 60.3 Å². The number of pyridine rings is 2. The SMILES string of the molecule is COCCn1cccc(-c2ccc(C(=O)Nc3c(O)cccc3C(=O)Nc3ccc(Cl)cn3)cc2)c1=O. The van der Waals surface area contributed by atoms with E-state index in [4.69, 9.17) is 16.3 Å². The third-order valence-electron chi connectivity index (χ3n) is 5.51. The average Bonchev–Trinajstić information content (AvgIpc) is 2.90. The standard InChI is InChI=1S/C27H23ClN4O5/c1-37-15-14-32-13-3-5-20(27(32)36)17-7-9-18(10-8-17)25(34)31-24-21(4-2-6-22(24)33)26(35)30-23-12-11-19(28)16-29-23/h2-13,16,33H,14-15H2,1H3,(H,31,34)(H,29,30,35). The first-order chi connectivity index (χ1) is 17.9. The van der Waals surface area contributed by atoms with E-state index in [0.29, 0.717) is 29.3 Å². The van der Waals surface area contributed by atoms with Gasteiger partial charge in [-0.1, -0.05) is 29.8 Å². The zero-order chi connectivity index (χ0) is 26.4. The number of nitrogens with one attached hydrogen (secondary N) is 2. The molecule has 2 heterocycles. The molecule has 0 unspecified atom stereocenters. The van der Waals surface area contributed by atoms with Crippen LogP contribution in [0.15, 0.2) is 83.9 Å². The number of benzene rings is 2. The van der Waals surface area contributed by atoms with Crippen LogP contribution in [0.4, 0.5) is 11.5 Å². The smallest absolute Gasteiger partial charge is 0.259 e. The number of para-hydroxylation sites is 1. The largest absolute Gasteiger partial charge is 0.506 e. The third kappa shape index (κ3) is 6.03. The summed E-state index contributed by atoms with van der Waals surface area (Å²) < 4.78 is 6.61. The number of carbonyl (C=O) groups excluding carboxylic acids is 2. The second-order valence-electron chi connectivity index (χ2n) is 7.96. The van der Waals surface area contributed by atoms with Crippen LogP contribution in [-0.4, -0.2) is 40.2 Å². The maximum Gasteiger partial charge on any atom is 0.259 e. The number of methoxy groups -OCH3 is 1. The molecule has 0 aliphatic heterocycles. The van der Waals surface area contributed by atoms with E-state index in [1.165, 1.54) is 30.5 Å². The molecule has 0 fully saturated rings. The number of ether oxygens (including phenoxy) is 1. The first kappa shape index (κ1) is 25.6. The lowest BCUT2D eigenvalue weighted by atomic mass is 10.0. The molecule has 188 valence electrons. The summed E-state index contributed by atoms with van der Waals surface area (Å²) in [4.78, 5) is 42.6. The maximum atomic E-state index is 13.0. The van der Waals surface area contributed by atoms with Gasteiger partial charge < -0.3 is 25.0 Å². The Morgan fingerprint density at radius 1 is 1.00 bits per heavy atom. The Bertz CT molecular complexity index is 1480. The average molecular weight is 519 g/mol. The summed E-state index contributed by atoms with van der Waals surface area (Å²) in [5.41, 5.74) is 1.23. The number of aromatic nitrogens is 2. The van der Waals surface area contributed by atoms with Crippen molar-refractivity contribution >= 4 is 34.9 Å². The molecule has 10 heteroatoms. The van der Waals surface area contributed by atoms with Crippen molar-refractivity contribution in [1.29, 1.82) is 0 Å². The van der Waals surface area contributed by atoms with Crippen molar-refractivity contribution < 1.29 is 19.4 Å². The minimum atomic E-state index is -0.579. The number of nitrogens with zero attached hydrogens (tertiary/aromatic N) is 2. The van der Waals surface area contributed by atoms with E-state index in [0.717, 1.165) is 0 Å². The molecule has 9 nitrogen and oxygen atoms in total. The van der Waals surface area contributed by atoms with Gasteiger partial charge in [0.1, 0.15) is 11.6 Å². The molecule has 3 N–H and O–H groups in total. The highest BCUT2D eigenvalue weighted by molar-refractivity contribution is 6.30. The van der Waals surface area contributed by atoms with Crippen LogP contribution in [0.25, 0.3) is 11.1 Å². The van der Waals surface area contributed by atoms with E-state index in [1.807, 2.05) is 0 Å². The molecule has 0 aliphatic carbocycles. The zero-order valence-electron chi connectivity index (χ0n) is 19.8. The fraction of sp³-hybridized carbons (Fsp3) is 0.111. The summed E-state index contributed by atoms with van der Waals surface area (Å²) in [6.07, 6.45) is 3.08. The lowest BCUT2D eigenvalue weighted by Crippen LogP contribution is -2.22. The van der Waals surface area contributed by atoms with Gasteiger partial charge in [0.15, 0.2) is 0 Å². The molecule has 2 aromatic heterocycles. The lowest BCUT2D eigenvalue weighted by molar-refractivity contribution is 0.102. The number of rotatable bonds is 8. The van der Waals surface area contributed by atoms with E-state index >= 15 is 0 Å². The number of phenols is 1. The van der Waals surface area contributed by atoms with E-state index < -0.39 is 11.8 Å². The molecule has 0 spiro atoms. The number of hydrogen-bond donors (Lipinski definition) is 3. The van der Waals surface area contributed by atoms with Crippen LogP contribution in [0.5, 0.6) is 5.75 Å². The van der Waals surface area contributed by atoms with Gasteiger partial charge >= 0.3 is 0 Å². The summed E-state index contributed by atoms with van der Waals surface area (Å²) in [5, 5.41) is 16.0. The Balaban J connectivity index is 1.53. The molecule has 0 atom stereocenters. The van der Waals surface area contributed by atoms with Gasteiger partial charge in [-0.05, 0) is 54.1 Å². The number of anilines is 2. The molecule has 0 aliphatic rings. The maximum absolute atomic E-state index is 13.0. The molecule has 0 radical (unpaired) electrons. The van der Waals surface area contributed by atoms with Crippen molar-refractivity contribution in [2.24, 2.45) is 0 Å². The summed E-state index contributed by atoms with van der Waals surface area (Å²) in [6, 6.07) is 17.4. The monoisotopic (exact) mass is 518 g/mol. The predicted octanol–water partition coefficient (Wildman–Crippen LogP) is 4.42. The van der Waals surface area contributed by atoms with Crippen LogP contribution in [0, 0.1) is 0 Å². The summed E-state index contributed by atoms with van der Waals surface area (Å²) in [5.74, 6) is -1.14. The van der Waals surface area contributed by atoms with Gasteiger partial charge in [0.2, 0.25) is 0 Å². The molecule has 0 saturated carbocycles. The Labute approximate surface area is 217 Å². The normalized spacial score (nSPS) is 10.6. The van der Waals surface area contributed by atoms with Crippen molar-refractivity contribution in [2.45, 2.75) is 6.54 Å². The number of aromatic hydroxyl groups is 1. The Hall–Kier alpha value is -4.47. The zero-order valence-corrected chi connectivity index (χ0v) is 20.5. The van der Waals surface area contributed by atoms with Crippen molar-refractivity contribution in [2.75, 3.05) is 24.4 Å². The van der Waals surface area contributed by atoms with E-state index in [9.17, 15) is 19.5 Å². The van der Waals surface area contributed by atoms with Crippen molar-refractivity contribution in [3.63, 3.8) is 0 Å². The van der Waals surface area contributed by atoms with Crippen LogP contribution in [-0.2, 0) is 11.3 Å². The van der Waals surface area contributed by atoms with E-state index in [2.05, 4.69) is 15.6 Å². The Morgan fingerprint density at radius 3 is 2.49 bits per heavy atom. The molecule has 37 heavy (non-hydrogen) atoms. The number of phenolic OH excluding ortho intramolecular Hbond substituents is 1. The number of hydrogen-bond acceptors (Lipinski definition) is 6. The minimum Gasteiger partial charge on any atom is -0.506 e. The first-order valence-corrected chi connectivity index (χ1v) is 11.6. The predicted molar refractivity (Wildman–Crippen MR) is 141 cm³/mol. The van der Waals surface area contributed by atoms with Crippen LogP contribution >= 0.6 is 11.6 Å². The third-order valence-corrected chi connectivity index (χ3v) is 5.73. The van der Waals surface area contributed by atoms with Crippen LogP contribution in [0.1, 0.15) is 20.7 Å². The summed E-state index contributed by atoms with van der Waals surface area (Å²) >= 11 is 5.83. The molecule has 4 aromatic rings. The summed E-state index contributed by atoms with van der Waals surface area (Å²) in [7, 11) is 1.57. The van der Waals surface area contributed by atoms with Crippen LogP contribution in [0.3, 0.4) is 0 Å². The highest BCUT2D eigenvalue weighted by atomic mass is 35.5. The van der Waals surface area contributed by atoms with E-state index in [-0.39, 0.29) is 33.9 Å². The number of halogens is 1. The highest BCUT2D eigenvalue weighted by Gasteiger charge is 2.19. The molecule has 0 saturated heterocycles. The van der Waals surface area contributed by atoms with Gasteiger partial charge in [-0.25, -0.2) is 4.98 Å². The summed E-state index contributed by atoms with van der Waals surface area (Å²) in [6.45, 7) is 0.833. The van der Waals surface area contributed by atoms with Crippen LogP contribution in [0.2, 0.25) is 5.02 Å². The van der Waals surface area contributed by atoms with Gasteiger partial charge in [-0.15, -0.1) is 0 Å². The Kier molecular flexibility index (Phi) is 7.97. The minimum absolute atomic E-state index is 0.0441. The van der Waals surface area contributed by atoms with Gasteiger partial charge in [-0.3, -0.25) is 14.4 Å². The Morgan fingerprint density at radius 2 is 1.78 bits per heavy atom. The van der Waals surface area contributed by atoms with Gasteiger partial charge in [0, 0.05) is 37.2 Å². The second-order valence-corrected chi connectivity index (χ2v) is 8.40. The van der Waals surface area contributed by atoms with Crippen molar-refractivity contribution in [1.82, 2.24) is 9.55 Å². The number of amides is 2. The molecule has 2 amide bonds. The fourth-order valence-corrected chi connectivity index (χ4v) is 3.72. The molecular formula is C27H23ClN4O5. The topological polar surface area (TPSA) is 123 Å². The van der Waals surface area contributed by atoms with Crippen LogP contribution < -0.4 is 16.2 Å². The van der Waals surface area contributed by atoms with Crippen molar-refractivity contribution in [3.05, 3.63) is 106 Å².